The van der Waals surface area contributed by atoms with Crippen molar-refractivity contribution in [1.82, 2.24) is 9.36 Å². The van der Waals surface area contributed by atoms with Gasteiger partial charge in [-0.05, 0) is 36.7 Å². The zero-order chi connectivity index (χ0) is 13.1. The molecule has 0 amide bonds. The zero-order valence-electron chi connectivity index (χ0n) is 9.31. The smallest absolute Gasteiger partial charge is 0.369 e. The van der Waals surface area contributed by atoms with Crippen LogP contribution in [0.1, 0.15) is 16.7 Å². The lowest BCUT2D eigenvalue weighted by molar-refractivity contribution is 0.0526. The standard InChI is InChI=1S/C11H8Cl2N2O2S/c1-2-17-11(16)10-14-9(15-18-10)6-3-7(12)5-8(13)4-6/h3-5H,2H2,1H3. The highest BCUT2D eigenvalue weighted by Crippen LogP contribution is 2.26. The molecule has 0 aliphatic rings. The van der Waals surface area contributed by atoms with Crippen LogP contribution in [0.4, 0.5) is 0 Å². The fourth-order valence-corrected chi connectivity index (χ4v) is 2.41. The number of hydrogen-bond acceptors (Lipinski definition) is 5. The molecule has 7 heteroatoms. The van der Waals surface area contributed by atoms with Gasteiger partial charge in [0.15, 0.2) is 5.82 Å². The van der Waals surface area contributed by atoms with E-state index in [2.05, 4.69) is 9.36 Å². The Hall–Kier alpha value is -1.17. The lowest BCUT2D eigenvalue weighted by Gasteiger charge is -1.98. The molecule has 0 saturated carbocycles. The van der Waals surface area contributed by atoms with Crippen LogP contribution < -0.4 is 0 Å². The van der Waals surface area contributed by atoms with Crippen molar-refractivity contribution in [2.75, 3.05) is 6.61 Å². The van der Waals surface area contributed by atoms with E-state index in [-0.39, 0.29) is 5.01 Å². The number of carbonyl (C=O) groups excluding carboxylic acids is 1. The second kappa shape index (κ2) is 5.65. The maximum absolute atomic E-state index is 11.5. The van der Waals surface area contributed by atoms with E-state index in [0.717, 1.165) is 11.5 Å². The number of benzene rings is 1. The number of hydrogen-bond donors (Lipinski definition) is 0. The summed E-state index contributed by atoms with van der Waals surface area (Å²) in [6, 6.07) is 4.99. The summed E-state index contributed by atoms with van der Waals surface area (Å²) in [6.45, 7) is 2.04. The molecule has 2 aromatic rings. The summed E-state index contributed by atoms with van der Waals surface area (Å²) in [7, 11) is 0. The van der Waals surface area contributed by atoms with E-state index in [0.29, 0.717) is 28.0 Å². The molecule has 1 aromatic heterocycles. The fraction of sp³-hybridized carbons (Fsp3) is 0.182. The molecule has 0 saturated heterocycles. The van der Waals surface area contributed by atoms with Crippen LogP contribution in [-0.2, 0) is 4.74 Å². The minimum absolute atomic E-state index is 0.211. The maximum Gasteiger partial charge on any atom is 0.369 e. The van der Waals surface area contributed by atoms with Crippen molar-refractivity contribution < 1.29 is 9.53 Å². The zero-order valence-corrected chi connectivity index (χ0v) is 11.6. The number of halogens is 2. The van der Waals surface area contributed by atoms with Crippen LogP contribution >= 0.6 is 34.7 Å². The van der Waals surface area contributed by atoms with E-state index in [9.17, 15) is 4.79 Å². The van der Waals surface area contributed by atoms with Crippen LogP contribution in [0.2, 0.25) is 10.0 Å². The van der Waals surface area contributed by atoms with Gasteiger partial charge in [0, 0.05) is 15.6 Å². The molecule has 0 aliphatic heterocycles. The third kappa shape index (κ3) is 2.98. The number of nitrogens with zero attached hydrogens (tertiary/aromatic N) is 2. The monoisotopic (exact) mass is 302 g/mol. The topological polar surface area (TPSA) is 52.1 Å². The van der Waals surface area contributed by atoms with Crippen molar-refractivity contribution in [2.45, 2.75) is 6.92 Å². The Morgan fingerprint density at radius 2 is 2.00 bits per heavy atom. The first-order valence-electron chi connectivity index (χ1n) is 5.07. The van der Waals surface area contributed by atoms with Crippen LogP contribution in [0.15, 0.2) is 18.2 Å². The van der Waals surface area contributed by atoms with Crippen molar-refractivity contribution >= 4 is 40.7 Å². The second-order valence-electron chi connectivity index (χ2n) is 3.30. The molecule has 0 spiro atoms. The molecule has 0 bridgehead atoms. The Balaban J connectivity index is 2.32. The fourth-order valence-electron chi connectivity index (χ4n) is 1.30. The summed E-state index contributed by atoms with van der Waals surface area (Å²) in [4.78, 5) is 15.6. The van der Waals surface area contributed by atoms with Gasteiger partial charge in [-0.25, -0.2) is 9.78 Å². The van der Waals surface area contributed by atoms with Crippen molar-refractivity contribution in [1.29, 1.82) is 0 Å². The van der Waals surface area contributed by atoms with Gasteiger partial charge < -0.3 is 4.74 Å². The van der Waals surface area contributed by atoms with E-state index >= 15 is 0 Å². The third-order valence-corrected chi connectivity index (χ3v) is 3.13. The van der Waals surface area contributed by atoms with Crippen LogP contribution in [-0.4, -0.2) is 21.9 Å². The summed E-state index contributed by atoms with van der Waals surface area (Å²) in [5.74, 6) is -0.0678. The van der Waals surface area contributed by atoms with E-state index < -0.39 is 5.97 Å². The molecular weight excluding hydrogens is 295 g/mol. The molecule has 0 radical (unpaired) electrons. The van der Waals surface area contributed by atoms with Crippen LogP contribution in [0.5, 0.6) is 0 Å². The van der Waals surface area contributed by atoms with Gasteiger partial charge in [0.2, 0.25) is 5.01 Å². The van der Waals surface area contributed by atoms with Crippen molar-refractivity contribution in [2.24, 2.45) is 0 Å². The molecule has 4 nitrogen and oxygen atoms in total. The largest absolute Gasteiger partial charge is 0.461 e. The van der Waals surface area contributed by atoms with Crippen LogP contribution in [0.25, 0.3) is 11.4 Å². The minimum atomic E-state index is -0.477. The molecule has 0 unspecified atom stereocenters. The van der Waals surface area contributed by atoms with E-state index in [4.69, 9.17) is 27.9 Å². The summed E-state index contributed by atoms with van der Waals surface area (Å²) in [5, 5.41) is 1.19. The summed E-state index contributed by atoms with van der Waals surface area (Å²) >= 11 is 12.8. The minimum Gasteiger partial charge on any atom is -0.461 e. The van der Waals surface area contributed by atoms with Crippen molar-refractivity contribution in [3.05, 3.63) is 33.3 Å². The SMILES string of the molecule is CCOC(=O)c1nc(-c2cc(Cl)cc(Cl)c2)ns1. The number of carbonyl (C=O) groups is 1. The molecule has 0 N–H and O–H groups in total. The van der Waals surface area contributed by atoms with E-state index in [1.165, 1.54) is 0 Å². The van der Waals surface area contributed by atoms with Gasteiger partial charge in [-0.3, -0.25) is 0 Å². The third-order valence-electron chi connectivity index (χ3n) is 2.00. The quantitative estimate of drug-likeness (QED) is 0.811. The molecule has 2 rings (SSSR count). The highest BCUT2D eigenvalue weighted by molar-refractivity contribution is 7.07. The van der Waals surface area contributed by atoms with Gasteiger partial charge in [-0.2, -0.15) is 4.37 Å². The highest BCUT2D eigenvalue weighted by Gasteiger charge is 2.15. The first-order chi connectivity index (χ1) is 8.60. The van der Waals surface area contributed by atoms with Crippen molar-refractivity contribution in [3.63, 3.8) is 0 Å². The highest BCUT2D eigenvalue weighted by atomic mass is 35.5. The second-order valence-corrected chi connectivity index (χ2v) is 4.93. The van der Waals surface area contributed by atoms with Gasteiger partial charge in [0.25, 0.3) is 0 Å². The molecule has 0 fully saturated rings. The lowest BCUT2D eigenvalue weighted by atomic mass is 10.2. The van der Waals surface area contributed by atoms with E-state index in [1.54, 1.807) is 25.1 Å². The number of ether oxygens (including phenoxy) is 1. The number of aromatic nitrogens is 2. The molecular formula is C11H8Cl2N2O2S. The average Bonchev–Trinajstić information content (AvgIpc) is 2.77. The Kier molecular flexibility index (Phi) is 4.16. The molecule has 1 aromatic carbocycles. The van der Waals surface area contributed by atoms with Gasteiger partial charge >= 0.3 is 5.97 Å². The Labute approximate surface area is 118 Å². The van der Waals surface area contributed by atoms with Gasteiger partial charge in [-0.1, -0.05) is 23.2 Å². The van der Waals surface area contributed by atoms with Crippen LogP contribution in [0, 0.1) is 0 Å². The maximum atomic E-state index is 11.5. The number of esters is 1. The molecule has 18 heavy (non-hydrogen) atoms. The normalized spacial score (nSPS) is 10.4. The Morgan fingerprint density at radius 1 is 1.33 bits per heavy atom. The summed E-state index contributed by atoms with van der Waals surface area (Å²) < 4.78 is 8.93. The average molecular weight is 303 g/mol. The summed E-state index contributed by atoms with van der Waals surface area (Å²) in [5.41, 5.74) is 0.666. The summed E-state index contributed by atoms with van der Waals surface area (Å²) in [6.07, 6.45) is 0. The van der Waals surface area contributed by atoms with Crippen LogP contribution in [0.3, 0.4) is 0 Å². The molecule has 0 aliphatic carbocycles. The van der Waals surface area contributed by atoms with E-state index in [1.807, 2.05) is 0 Å². The first kappa shape index (κ1) is 13.3. The van der Waals surface area contributed by atoms with Gasteiger partial charge in [-0.15, -0.1) is 0 Å². The molecule has 94 valence electrons. The molecule has 1 heterocycles. The van der Waals surface area contributed by atoms with Crippen molar-refractivity contribution in [3.8, 4) is 11.4 Å². The predicted octanol–water partition coefficient (Wildman–Crippen LogP) is 3.69. The first-order valence-corrected chi connectivity index (χ1v) is 6.60. The molecule has 0 atom stereocenters. The lowest BCUT2D eigenvalue weighted by Crippen LogP contribution is -2.03. The van der Waals surface area contributed by atoms with Gasteiger partial charge in [0.05, 0.1) is 6.61 Å². The Morgan fingerprint density at radius 3 is 2.61 bits per heavy atom. The number of rotatable bonds is 3. The van der Waals surface area contributed by atoms with Gasteiger partial charge in [0.1, 0.15) is 0 Å². The predicted molar refractivity (Wildman–Crippen MR) is 71.3 cm³/mol. The Bertz CT molecular complexity index is 566.